The third-order valence-electron chi connectivity index (χ3n) is 6.39. The second-order valence-corrected chi connectivity index (χ2v) is 8.24. The lowest BCUT2D eigenvalue weighted by Gasteiger charge is -2.13. The number of benzene rings is 4. The maximum Gasteiger partial charge on any atom is 0.203 e. The lowest BCUT2D eigenvalue weighted by molar-refractivity contribution is 0.112. The number of aromatic nitrogens is 2. The average molecular weight is 499 g/mol. The summed E-state index contributed by atoms with van der Waals surface area (Å²) in [5.41, 5.74) is 3.78. The fraction of sp³-hybridized carbons (Fsp3) is 0.172. The summed E-state index contributed by atoms with van der Waals surface area (Å²) in [6.45, 7) is 0. The Bertz CT molecular complexity index is 1600. The van der Waals surface area contributed by atoms with Crippen molar-refractivity contribution in [3.05, 3.63) is 66.2 Å². The third-order valence-corrected chi connectivity index (χ3v) is 6.39. The van der Waals surface area contributed by atoms with E-state index in [1.807, 2.05) is 53.2 Å². The minimum atomic E-state index is 0.504. The van der Waals surface area contributed by atoms with Crippen LogP contribution in [0, 0.1) is 0 Å². The van der Waals surface area contributed by atoms with Crippen LogP contribution in [-0.4, -0.2) is 51.6 Å². The average Bonchev–Trinajstić information content (AvgIpc) is 3.35. The fourth-order valence-electron chi connectivity index (χ4n) is 4.65. The molecule has 0 spiro atoms. The molecular weight excluding hydrogens is 472 g/mol. The molecule has 0 saturated carbocycles. The zero-order chi connectivity index (χ0) is 26.1. The van der Waals surface area contributed by atoms with E-state index in [-0.39, 0.29) is 0 Å². The quantitative estimate of drug-likeness (QED) is 0.254. The molecule has 8 heteroatoms. The number of aldehydes is 1. The highest BCUT2D eigenvalue weighted by molar-refractivity contribution is 6.12. The minimum Gasteiger partial charge on any atom is -0.493 e. The first kappa shape index (κ1) is 24.0. The van der Waals surface area contributed by atoms with Gasteiger partial charge in [0.25, 0.3) is 0 Å². The summed E-state index contributed by atoms with van der Waals surface area (Å²) in [5, 5.41) is 7.77. The smallest absolute Gasteiger partial charge is 0.203 e. The third kappa shape index (κ3) is 3.87. The number of hydrogen-bond acceptors (Lipinski definition) is 7. The van der Waals surface area contributed by atoms with E-state index in [0.717, 1.165) is 44.9 Å². The van der Waals surface area contributed by atoms with Crippen LogP contribution in [0.1, 0.15) is 10.4 Å². The molecule has 0 aliphatic carbocycles. The first-order valence-corrected chi connectivity index (χ1v) is 11.5. The van der Waals surface area contributed by atoms with Gasteiger partial charge in [0.1, 0.15) is 12.0 Å². The summed E-state index contributed by atoms with van der Waals surface area (Å²) in [7, 11) is 7.97. The van der Waals surface area contributed by atoms with E-state index in [4.69, 9.17) is 28.8 Å². The molecule has 0 N–H and O–H groups in total. The van der Waals surface area contributed by atoms with Crippen LogP contribution in [0.5, 0.6) is 28.7 Å². The summed E-state index contributed by atoms with van der Waals surface area (Å²) >= 11 is 0. The summed E-state index contributed by atoms with van der Waals surface area (Å²) in [6.07, 6.45) is 0.818. The Labute approximate surface area is 213 Å². The minimum absolute atomic E-state index is 0.504. The van der Waals surface area contributed by atoms with Crippen LogP contribution < -0.4 is 23.7 Å². The monoisotopic (exact) mass is 498 g/mol. The van der Waals surface area contributed by atoms with Crippen LogP contribution in [0.15, 0.2) is 60.7 Å². The van der Waals surface area contributed by atoms with Gasteiger partial charge in [-0.3, -0.25) is 4.79 Å². The van der Waals surface area contributed by atoms with Gasteiger partial charge in [-0.15, -0.1) is 0 Å². The van der Waals surface area contributed by atoms with Gasteiger partial charge in [0.05, 0.1) is 46.8 Å². The molecule has 0 aliphatic heterocycles. The Hall–Kier alpha value is -4.72. The van der Waals surface area contributed by atoms with Gasteiger partial charge in [-0.05, 0) is 60.7 Å². The first-order chi connectivity index (χ1) is 18.1. The highest BCUT2D eigenvalue weighted by Gasteiger charge is 2.22. The zero-order valence-corrected chi connectivity index (χ0v) is 21.2. The topological polar surface area (TPSA) is 81.0 Å². The SMILES string of the molecule is COc1cc(-c2nn(-c3ccc(C=O)cc3)c3c2ccc2c(OC)c(OC)ccc23)cc(OC)c1OC. The number of fused-ring (bicyclic) bond motifs is 3. The predicted octanol–water partition coefficient (Wildman–Crippen LogP) is 5.70. The van der Waals surface area contributed by atoms with Crippen molar-refractivity contribution >= 4 is 28.0 Å². The molecule has 5 aromatic rings. The molecule has 0 bridgehead atoms. The number of methoxy groups -OCH3 is 5. The van der Waals surface area contributed by atoms with E-state index < -0.39 is 0 Å². The molecule has 1 aromatic heterocycles. The number of hydrogen-bond donors (Lipinski definition) is 0. The summed E-state index contributed by atoms with van der Waals surface area (Å²) < 4.78 is 29.8. The molecule has 0 radical (unpaired) electrons. The summed E-state index contributed by atoms with van der Waals surface area (Å²) in [6, 6.07) is 18.9. The van der Waals surface area contributed by atoms with Crippen molar-refractivity contribution in [3.8, 4) is 45.7 Å². The van der Waals surface area contributed by atoms with E-state index in [1.54, 1.807) is 47.7 Å². The molecule has 0 fully saturated rings. The molecule has 0 aliphatic rings. The van der Waals surface area contributed by atoms with Crippen LogP contribution in [0.3, 0.4) is 0 Å². The van der Waals surface area contributed by atoms with Crippen molar-refractivity contribution in [2.45, 2.75) is 0 Å². The molecule has 188 valence electrons. The Morgan fingerprint density at radius 2 is 1.24 bits per heavy atom. The number of ether oxygens (including phenoxy) is 5. The molecule has 4 aromatic carbocycles. The van der Waals surface area contributed by atoms with E-state index >= 15 is 0 Å². The van der Waals surface area contributed by atoms with Gasteiger partial charge in [-0.1, -0.05) is 0 Å². The van der Waals surface area contributed by atoms with Crippen LogP contribution in [0.4, 0.5) is 0 Å². The van der Waals surface area contributed by atoms with E-state index in [1.165, 1.54) is 0 Å². The molecule has 1 heterocycles. The zero-order valence-electron chi connectivity index (χ0n) is 21.2. The van der Waals surface area contributed by atoms with Crippen LogP contribution in [0.25, 0.3) is 38.6 Å². The Balaban J connectivity index is 1.88. The standard InChI is InChI=1S/C29H26N2O6/c1-33-23-13-12-20-21(28(23)36-4)10-11-22-26(18-14-24(34-2)29(37-5)25(15-18)35-3)30-31(27(20)22)19-8-6-17(16-32)7-9-19/h6-16H,1-5H3. The molecule has 0 amide bonds. The maximum absolute atomic E-state index is 11.3. The molecule has 0 saturated heterocycles. The van der Waals surface area contributed by atoms with Crippen molar-refractivity contribution < 1.29 is 28.5 Å². The highest BCUT2D eigenvalue weighted by atomic mass is 16.5. The van der Waals surface area contributed by atoms with Crippen molar-refractivity contribution in [2.24, 2.45) is 0 Å². The number of carbonyl (C=O) groups is 1. The number of nitrogens with zero attached hydrogens (tertiary/aromatic N) is 2. The van der Waals surface area contributed by atoms with Crippen molar-refractivity contribution in [2.75, 3.05) is 35.5 Å². The van der Waals surface area contributed by atoms with Crippen molar-refractivity contribution in [3.63, 3.8) is 0 Å². The van der Waals surface area contributed by atoms with E-state index in [2.05, 4.69) is 0 Å². The normalized spacial score (nSPS) is 10.9. The summed E-state index contributed by atoms with van der Waals surface area (Å²) in [4.78, 5) is 11.3. The number of carbonyl (C=O) groups excluding carboxylic acids is 1. The molecular formula is C29H26N2O6. The van der Waals surface area contributed by atoms with E-state index in [9.17, 15) is 4.79 Å². The van der Waals surface area contributed by atoms with Gasteiger partial charge < -0.3 is 23.7 Å². The second kappa shape index (κ2) is 9.73. The van der Waals surface area contributed by atoms with Gasteiger partial charge in [0.2, 0.25) is 5.75 Å². The lowest BCUT2D eigenvalue weighted by Crippen LogP contribution is -1.99. The Kier molecular flexibility index (Phi) is 6.31. The fourth-order valence-corrected chi connectivity index (χ4v) is 4.65. The van der Waals surface area contributed by atoms with Crippen LogP contribution >= 0.6 is 0 Å². The molecule has 0 atom stereocenters. The highest BCUT2D eigenvalue weighted by Crippen LogP contribution is 2.45. The van der Waals surface area contributed by atoms with Gasteiger partial charge in [0.15, 0.2) is 23.0 Å². The number of rotatable bonds is 8. The summed E-state index contributed by atoms with van der Waals surface area (Å²) in [5.74, 6) is 2.84. The van der Waals surface area contributed by atoms with Crippen LogP contribution in [0.2, 0.25) is 0 Å². The molecule has 0 unspecified atom stereocenters. The Morgan fingerprint density at radius 3 is 1.81 bits per heavy atom. The first-order valence-electron chi connectivity index (χ1n) is 11.5. The van der Waals surface area contributed by atoms with Crippen molar-refractivity contribution in [1.29, 1.82) is 0 Å². The van der Waals surface area contributed by atoms with Crippen LogP contribution in [-0.2, 0) is 0 Å². The molecule has 5 rings (SSSR count). The molecule has 37 heavy (non-hydrogen) atoms. The van der Waals surface area contributed by atoms with Gasteiger partial charge in [-0.2, -0.15) is 5.10 Å². The van der Waals surface area contributed by atoms with Gasteiger partial charge >= 0.3 is 0 Å². The largest absolute Gasteiger partial charge is 0.493 e. The molecule has 8 nitrogen and oxygen atoms in total. The maximum atomic E-state index is 11.3. The van der Waals surface area contributed by atoms with Crippen molar-refractivity contribution in [1.82, 2.24) is 9.78 Å². The predicted molar refractivity (Wildman–Crippen MR) is 142 cm³/mol. The Morgan fingerprint density at radius 1 is 0.649 bits per heavy atom. The second-order valence-electron chi connectivity index (χ2n) is 8.24. The van der Waals surface area contributed by atoms with Gasteiger partial charge in [0, 0.05) is 27.3 Å². The van der Waals surface area contributed by atoms with Gasteiger partial charge in [-0.25, -0.2) is 4.68 Å². The lowest BCUT2D eigenvalue weighted by atomic mass is 10.0. The van der Waals surface area contributed by atoms with E-state index in [0.29, 0.717) is 34.3 Å².